The first-order valence-electron chi connectivity index (χ1n) is 5.69. The maximum absolute atomic E-state index is 13.2. The van der Waals surface area contributed by atoms with Crippen molar-refractivity contribution in [3.8, 4) is 0 Å². The minimum Gasteiger partial charge on any atom is -0.384 e. The zero-order chi connectivity index (χ0) is 13.3. The molecule has 2 rings (SSSR count). The lowest BCUT2D eigenvalue weighted by molar-refractivity contribution is 0.218. The maximum atomic E-state index is 13.2. The van der Waals surface area contributed by atoms with Gasteiger partial charge in [0.05, 0.1) is 0 Å². The van der Waals surface area contributed by atoms with Gasteiger partial charge < -0.3 is 5.11 Å². The Morgan fingerprint density at radius 2 is 1.56 bits per heavy atom. The van der Waals surface area contributed by atoms with E-state index in [4.69, 9.17) is 11.6 Å². The van der Waals surface area contributed by atoms with E-state index in [1.54, 1.807) is 38.1 Å². The van der Waals surface area contributed by atoms with Crippen LogP contribution in [0.1, 0.15) is 28.4 Å². The van der Waals surface area contributed by atoms with Gasteiger partial charge in [-0.2, -0.15) is 0 Å². The quantitative estimate of drug-likeness (QED) is 0.863. The zero-order valence-corrected chi connectivity index (χ0v) is 11.0. The van der Waals surface area contributed by atoms with E-state index >= 15 is 0 Å². The van der Waals surface area contributed by atoms with Crippen LogP contribution in [-0.2, 0) is 0 Å². The topological polar surface area (TPSA) is 20.2 Å². The molecular weight excluding hydrogens is 251 g/mol. The molecule has 0 aliphatic rings. The van der Waals surface area contributed by atoms with Gasteiger partial charge in [-0.1, -0.05) is 23.7 Å². The maximum Gasteiger partial charge on any atom is 0.123 e. The van der Waals surface area contributed by atoms with Crippen LogP contribution < -0.4 is 0 Å². The number of aliphatic hydroxyl groups is 1. The van der Waals surface area contributed by atoms with E-state index in [2.05, 4.69) is 0 Å². The third-order valence-corrected chi connectivity index (χ3v) is 3.27. The van der Waals surface area contributed by atoms with Crippen LogP contribution in [-0.4, -0.2) is 5.11 Å². The highest BCUT2D eigenvalue weighted by Crippen LogP contribution is 2.29. The Morgan fingerprint density at radius 1 is 1.06 bits per heavy atom. The second-order valence-corrected chi connectivity index (χ2v) is 4.84. The highest BCUT2D eigenvalue weighted by atomic mass is 35.5. The summed E-state index contributed by atoms with van der Waals surface area (Å²) in [5, 5.41) is 11.0. The first-order chi connectivity index (χ1) is 8.49. The van der Waals surface area contributed by atoms with E-state index in [0.717, 1.165) is 22.3 Å². The number of aliphatic hydroxyl groups excluding tert-OH is 1. The van der Waals surface area contributed by atoms with Crippen molar-refractivity contribution in [2.45, 2.75) is 20.0 Å². The van der Waals surface area contributed by atoms with Crippen molar-refractivity contribution in [3.05, 3.63) is 69.5 Å². The molecule has 1 N–H and O–H groups in total. The van der Waals surface area contributed by atoms with Crippen molar-refractivity contribution in [1.82, 2.24) is 0 Å². The molecule has 1 unspecified atom stereocenters. The predicted molar refractivity (Wildman–Crippen MR) is 71.4 cm³/mol. The molecule has 0 aliphatic heterocycles. The Morgan fingerprint density at radius 3 is 2.06 bits per heavy atom. The summed E-state index contributed by atoms with van der Waals surface area (Å²) in [6.07, 6.45) is -0.761. The summed E-state index contributed by atoms with van der Waals surface area (Å²) in [6.45, 7) is 3.59. The second-order valence-electron chi connectivity index (χ2n) is 4.41. The summed E-state index contributed by atoms with van der Waals surface area (Å²) in [4.78, 5) is 0. The van der Waals surface area contributed by atoms with Gasteiger partial charge in [-0.15, -0.1) is 0 Å². The van der Waals surface area contributed by atoms with Gasteiger partial charge in [-0.3, -0.25) is 0 Å². The summed E-state index contributed by atoms with van der Waals surface area (Å²) in [6, 6.07) is 9.87. The Hall–Kier alpha value is -1.38. The predicted octanol–water partition coefficient (Wildman–Crippen LogP) is 4.18. The highest BCUT2D eigenvalue weighted by Gasteiger charge is 2.16. The van der Waals surface area contributed by atoms with E-state index in [0.29, 0.717) is 5.02 Å². The van der Waals surface area contributed by atoms with Crippen molar-refractivity contribution >= 4 is 11.6 Å². The van der Waals surface area contributed by atoms with Crippen LogP contribution in [0.4, 0.5) is 4.39 Å². The fourth-order valence-corrected chi connectivity index (χ4v) is 2.29. The molecule has 1 nitrogen and oxygen atoms in total. The first-order valence-corrected chi connectivity index (χ1v) is 6.07. The average Bonchev–Trinajstić information content (AvgIpc) is 2.28. The summed E-state index contributed by atoms with van der Waals surface area (Å²) in [5.74, 6) is -0.281. The molecular formula is C15H14ClFO. The molecule has 0 saturated carbocycles. The molecule has 94 valence electrons. The van der Waals surface area contributed by atoms with Crippen LogP contribution in [0.5, 0.6) is 0 Å². The number of aryl methyl sites for hydroxylation is 2. The third kappa shape index (κ3) is 2.55. The lowest BCUT2D eigenvalue weighted by atomic mass is 9.93. The smallest absolute Gasteiger partial charge is 0.123 e. The van der Waals surface area contributed by atoms with Gasteiger partial charge in [0.15, 0.2) is 0 Å². The van der Waals surface area contributed by atoms with Crippen LogP contribution in [0, 0.1) is 19.7 Å². The Labute approximate surface area is 111 Å². The summed E-state index contributed by atoms with van der Waals surface area (Å²) in [7, 11) is 0. The second kappa shape index (κ2) is 5.09. The third-order valence-electron chi connectivity index (χ3n) is 3.02. The summed E-state index contributed by atoms with van der Waals surface area (Å²) < 4.78 is 13.2. The average molecular weight is 265 g/mol. The monoisotopic (exact) mass is 264 g/mol. The van der Waals surface area contributed by atoms with Crippen LogP contribution in [0.3, 0.4) is 0 Å². The Balaban J connectivity index is 2.46. The molecule has 2 aromatic rings. The van der Waals surface area contributed by atoms with E-state index in [1.165, 1.54) is 12.1 Å². The SMILES string of the molecule is Cc1cc(F)cc(C)c1C(O)c1ccc(Cl)cc1. The van der Waals surface area contributed by atoms with Gasteiger partial charge in [0.25, 0.3) is 0 Å². The fraction of sp³-hybridized carbons (Fsp3) is 0.200. The minimum absolute atomic E-state index is 0.281. The number of hydrogen-bond acceptors (Lipinski definition) is 1. The largest absolute Gasteiger partial charge is 0.384 e. The number of benzene rings is 2. The van der Waals surface area contributed by atoms with Crippen molar-refractivity contribution in [2.24, 2.45) is 0 Å². The van der Waals surface area contributed by atoms with Crippen molar-refractivity contribution in [3.63, 3.8) is 0 Å². The van der Waals surface area contributed by atoms with Gasteiger partial charge >= 0.3 is 0 Å². The van der Waals surface area contributed by atoms with Crippen LogP contribution in [0.15, 0.2) is 36.4 Å². The van der Waals surface area contributed by atoms with Gasteiger partial charge in [-0.05, 0) is 60.4 Å². The van der Waals surface area contributed by atoms with Crippen molar-refractivity contribution in [1.29, 1.82) is 0 Å². The molecule has 0 heterocycles. The van der Waals surface area contributed by atoms with E-state index in [-0.39, 0.29) is 5.82 Å². The summed E-state index contributed by atoms with van der Waals surface area (Å²) in [5.41, 5.74) is 2.99. The van der Waals surface area contributed by atoms with Crippen LogP contribution >= 0.6 is 11.6 Å². The van der Waals surface area contributed by atoms with Gasteiger partial charge in [0, 0.05) is 5.02 Å². The lowest BCUT2D eigenvalue weighted by Gasteiger charge is -2.17. The fourth-order valence-electron chi connectivity index (χ4n) is 2.16. The molecule has 0 saturated heterocycles. The Bertz CT molecular complexity index is 540. The molecule has 0 amide bonds. The number of halogens is 2. The molecule has 0 spiro atoms. The molecule has 18 heavy (non-hydrogen) atoms. The lowest BCUT2D eigenvalue weighted by Crippen LogP contribution is -2.05. The van der Waals surface area contributed by atoms with Crippen molar-refractivity contribution < 1.29 is 9.50 Å². The van der Waals surface area contributed by atoms with Gasteiger partial charge in [0.2, 0.25) is 0 Å². The number of hydrogen-bond donors (Lipinski definition) is 1. The number of rotatable bonds is 2. The molecule has 2 aromatic carbocycles. The molecule has 0 aromatic heterocycles. The van der Waals surface area contributed by atoms with Crippen LogP contribution in [0.2, 0.25) is 5.02 Å². The van der Waals surface area contributed by atoms with E-state index in [9.17, 15) is 9.50 Å². The van der Waals surface area contributed by atoms with Crippen molar-refractivity contribution in [2.75, 3.05) is 0 Å². The van der Waals surface area contributed by atoms with E-state index < -0.39 is 6.10 Å². The standard InChI is InChI=1S/C15H14ClFO/c1-9-7-13(17)8-10(2)14(9)15(18)11-3-5-12(16)6-4-11/h3-8,15,18H,1-2H3. The molecule has 0 aliphatic carbocycles. The van der Waals surface area contributed by atoms with Gasteiger partial charge in [-0.25, -0.2) is 4.39 Å². The molecule has 0 bridgehead atoms. The van der Waals surface area contributed by atoms with Crippen LogP contribution in [0.25, 0.3) is 0 Å². The minimum atomic E-state index is -0.761. The molecule has 3 heteroatoms. The molecule has 1 atom stereocenters. The Kier molecular flexibility index (Phi) is 3.69. The summed E-state index contributed by atoms with van der Waals surface area (Å²) >= 11 is 5.81. The van der Waals surface area contributed by atoms with E-state index in [1.807, 2.05) is 0 Å². The van der Waals surface area contributed by atoms with Gasteiger partial charge in [0.1, 0.15) is 11.9 Å². The molecule has 0 radical (unpaired) electrons. The molecule has 0 fully saturated rings. The normalized spacial score (nSPS) is 12.5. The first kappa shape index (κ1) is 13.1. The zero-order valence-electron chi connectivity index (χ0n) is 10.2. The highest BCUT2D eigenvalue weighted by molar-refractivity contribution is 6.30.